The topological polar surface area (TPSA) is 63.4 Å². The van der Waals surface area contributed by atoms with Crippen molar-refractivity contribution in [1.82, 2.24) is 4.31 Å². The normalized spacial score (nSPS) is 21.4. The molecule has 4 nitrogen and oxygen atoms in total. The zero-order valence-electron chi connectivity index (χ0n) is 10.9. The van der Waals surface area contributed by atoms with Gasteiger partial charge in [-0.1, -0.05) is 17.7 Å². The van der Waals surface area contributed by atoms with Crippen LogP contribution in [-0.2, 0) is 10.0 Å². The molecule has 1 aromatic rings. The first-order valence-corrected chi connectivity index (χ1v) is 7.70. The Labute approximate surface area is 109 Å². The second-order valence-corrected chi connectivity index (χ2v) is 6.78. The maximum Gasteiger partial charge on any atom is 0.243 e. The molecular formula is C13H20N2O2S. The molecule has 0 saturated carbocycles. The van der Waals surface area contributed by atoms with Gasteiger partial charge in [0.05, 0.1) is 4.90 Å². The zero-order chi connectivity index (χ0) is 13.3. The minimum Gasteiger partial charge on any atom is -0.329 e. The standard InChI is InChI=1S/C13H20N2O2S/c1-10-5-6-13(11(2)8-10)18(16,17)15-7-3-4-12(15)9-14/h5-6,8,12H,3-4,7,9,14H2,1-2H3/t12-/m1/s1. The molecule has 2 rings (SSSR count). The highest BCUT2D eigenvalue weighted by molar-refractivity contribution is 7.89. The molecule has 0 aliphatic carbocycles. The van der Waals surface area contributed by atoms with Crippen LogP contribution in [0.3, 0.4) is 0 Å². The molecule has 1 aliphatic heterocycles. The van der Waals surface area contributed by atoms with Crippen LogP contribution in [0, 0.1) is 13.8 Å². The third kappa shape index (κ3) is 2.30. The second kappa shape index (κ2) is 4.99. The number of aryl methyl sites for hydroxylation is 2. The van der Waals surface area contributed by atoms with Crippen LogP contribution in [0.15, 0.2) is 23.1 Å². The van der Waals surface area contributed by atoms with Gasteiger partial charge in [0.1, 0.15) is 0 Å². The Morgan fingerprint density at radius 1 is 1.39 bits per heavy atom. The molecule has 1 saturated heterocycles. The molecule has 5 heteroatoms. The highest BCUT2D eigenvalue weighted by Crippen LogP contribution is 2.27. The highest BCUT2D eigenvalue weighted by atomic mass is 32.2. The fourth-order valence-electron chi connectivity index (χ4n) is 2.58. The molecular weight excluding hydrogens is 248 g/mol. The summed E-state index contributed by atoms with van der Waals surface area (Å²) in [6, 6.07) is 5.40. The number of nitrogens with two attached hydrogens (primary N) is 1. The summed E-state index contributed by atoms with van der Waals surface area (Å²) < 4.78 is 26.8. The molecule has 1 fully saturated rings. The van der Waals surface area contributed by atoms with Gasteiger partial charge < -0.3 is 5.73 Å². The van der Waals surface area contributed by atoms with Gasteiger partial charge >= 0.3 is 0 Å². The van der Waals surface area contributed by atoms with E-state index >= 15 is 0 Å². The maximum absolute atomic E-state index is 12.6. The summed E-state index contributed by atoms with van der Waals surface area (Å²) in [6.45, 7) is 4.77. The van der Waals surface area contributed by atoms with Crippen molar-refractivity contribution < 1.29 is 8.42 Å². The van der Waals surface area contributed by atoms with E-state index in [0.29, 0.717) is 18.0 Å². The summed E-state index contributed by atoms with van der Waals surface area (Å²) >= 11 is 0. The van der Waals surface area contributed by atoms with Crippen LogP contribution >= 0.6 is 0 Å². The summed E-state index contributed by atoms with van der Waals surface area (Å²) in [7, 11) is -3.39. The van der Waals surface area contributed by atoms with Crippen molar-refractivity contribution in [2.75, 3.05) is 13.1 Å². The molecule has 0 radical (unpaired) electrons. The van der Waals surface area contributed by atoms with Crippen molar-refractivity contribution in [2.24, 2.45) is 5.73 Å². The van der Waals surface area contributed by atoms with Crippen molar-refractivity contribution in [1.29, 1.82) is 0 Å². The van der Waals surface area contributed by atoms with Gasteiger partial charge in [-0.3, -0.25) is 0 Å². The molecule has 0 aromatic heterocycles. The van der Waals surface area contributed by atoms with Crippen molar-refractivity contribution in [3.8, 4) is 0 Å². The van der Waals surface area contributed by atoms with E-state index in [2.05, 4.69) is 0 Å². The lowest BCUT2D eigenvalue weighted by molar-refractivity contribution is 0.393. The van der Waals surface area contributed by atoms with E-state index in [4.69, 9.17) is 5.73 Å². The van der Waals surface area contributed by atoms with Crippen LogP contribution < -0.4 is 5.73 Å². The van der Waals surface area contributed by atoms with Crippen molar-refractivity contribution in [3.63, 3.8) is 0 Å². The number of rotatable bonds is 3. The molecule has 100 valence electrons. The maximum atomic E-state index is 12.6. The van der Waals surface area contributed by atoms with Gasteiger partial charge in [-0.15, -0.1) is 0 Å². The zero-order valence-corrected chi connectivity index (χ0v) is 11.7. The lowest BCUT2D eigenvalue weighted by Gasteiger charge is -2.23. The minimum absolute atomic E-state index is 0.0456. The molecule has 0 amide bonds. The van der Waals surface area contributed by atoms with Crippen molar-refractivity contribution in [2.45, 2.75) is 37.6 Å². The number of benzene rings is 1. The molecule has 1 aromatic carbocycles. The summed E-state index contributed by atoms with van der Waals surface area (Å²) in [6.07, 6.45) is 1.76. The van der Waals surface area contributed by atoms with Gasteiger partial charge in [-0.25, -0.2) is 8.42 Å². The number of hydrogen-bond donors (Lipinski definition) is 1. The summed E-state index contributed by atoms with van der Waals surface area (Å²) in [5.41, 5.74) is 7.53. The number of hydrogen-bond acceptors (Lipinski definition) is 3. The Balaban J connectivity index is 2.42. The van der Waals surface area contributed by atoms with Gasteiger partial charge in [0.25, 0.3) is 0 Å². The van der Waals surface area contributed by atoms with E-state index in [1.54, 1.807) is 10.4 Å². The summed E-state index contributed by atoms with van der Waals surface area (Å²) in [5.74, 6) is 0. The average molecular weight is 268 g/mol. The van der Waals surface area contributed by atoms with Gasteiger partial charge in [-0.2, -0.15) is 4.31 Å². The van der Waals surface area contributed by atoms with Crippen LogP contribution in [-0.4, -0.2) is 31.9 Å². The minimum atomic E-state index is -3.39. The first-order valence-electron chi connectivity index (χ1n) is 6.26. The Bertz CT molecular complexity index is 540. The molecule has 1 aliphatic rings. The fraction of sp³-hybridized carbons (Fsp3) is 0.538. The van der Waals surface area contributed by atoms with E-state index in [1.165, 1.54) is 0 Å². The third-order valence-electron chi connectivity index (χ3n) is 3.51. The van der Waals surface area contributed by atoms with Gasteiger partial charge in [0, 0.05) is 19.1 Å². The van der Waals surface area contributed by atoms with Crippen molar-refractivity contribution in [3.05, 3.63) is 29.3 Å². The highest BCUT2D eigenvalue weighted by Gasteiger charge is 2.34. The predicted octanol–water partition coefficient (Wildman–Crippen LogP) is 1.42. The van der Waals surface area contributed by atoms with Crippen LogP contribution in [0.5, 0.6) is 0 Å². The quantitative estimate of drug-likeness (QED) is 0.901. The molecule has 1 heterocycles. The van der Waals surface area contributed by atoms with Gasteiger partial charge in [-0.05, 0) is 38.3 Å². The van der Waals surface area contributed by atoms with Gasteiger partial charge in [0.15, 0.2) is 0 Å². The summed E-state index contributed by atoms with van der Waals surface area (Å²) in [4.78, 5) is 0.411. The Morgan fingerprint density at radius 3 is 2.72 bits per heavy atom. The average Bonchev–Trinajstić information content (AvgIpc) is 2.76. The van der Waals surface area contributed by atoms with Crippen LogP contribution in [0.2, 0.25) is 0 Å². The van der Waals surface area contributed by atoms with E-state index in [9.17, 15) is 8.42 Å². The van der Waals surface area contributed by atoms with E-state index in [0.717, 1.165) is 24.0 Å². The Morgan fingerprint density at radius 2 is 2.11 bits per heavy atom. The van der Waals surface area contributed by atoms with Crippen LogP contribution in [0.25, 0.3) is 0 Å². The lowest BCUT2D eigenvalue weighted by atomic mass is 10.2. The first kappa shape index (κ1) is 13.5. The second-order valence-electron chi connectivity index (χ2n) is 4.92. The predicted molar refractivity (Wildman–Crippen MR) is 71.9 cm³/mol. The van der Waals surface area contributed by atoms with Gasteiger partial charge in [0.2, 0.25) is 10.0 Å². The Kier molecular flexibility index (Phi) is 3.75. The lowest BCUT2D eigenvalue weighted by Crippen LogP contribution is -2.40. The molecule has 0 spiro atoms. The third-order valence-corrected chi connectivity index (χ3v) is 5.62. The van der Waals surface area contributed by atoms with E-state index < -0.39 is 10.0 Å². The smallest absolute Gasteiger partial charge is 0.243 e. The van der Waals surface area contributed by atoms with E-state index in [-0.39, 0.29) is 6.04 Å². The molecule has 1 atom stereocenters. The van der Waals surface area contributed by atoms with E-state index in [1.807, 2.05) is 26.0 Å². The number of sulfonamides is 1. The van der Waals surface area contributed by atoms with Crippen LogP contribution in [0.1, 0.15) is 24.0 Å². The Hall–Kier alpha value is -0.910. The fourth-order valence-corrected chi connectivity index (χ4v) is 4.49. The molecule has 0 bridgehead atoms. The van der Waals surface area contributed by atoms with Crippen LogP contribution in [0.4, 0.5) is 0 Å². The monoisotopic (exact) mass is 268 g/mol. The largest absolute Gasteiger partial charge is 0.329 e. The van der Waals surface area contributed by atoms with Crippen molar-refractivity contribution >= 4 is 10.0 Å². The molecule has 2 N–H and O–H groups in total. The molecule has 18 heavy (non-hydrogen) atoms. The summed E-state index contributed by atoms with van der Waals surface area (Å²) in [5, 5.41) is 0. The SMILES string of the molecule is Cc1ccc(S(=O)(=O)N2CCC[C@@H]2CN)c(C)c1. The molecule has 0 unspecified atom stereocenters. The number of nitrogens with zero attached hydrogens (tertiary/aromatic N) is 1. The first-order chi connectivity index (χ1) is 8.46.